The minimum atomic E-state index is -0.143. The normalized spacial score (nSPS) is 11.8. The number of carbonyl (C=O) groups excluding carboxylic acids is 1. The van der Waals surface area contributed by atoms with Crippen molar-refractivity contribution in [2.75, 3.05) is 6.61 Å². The van der Waals surface area contributed by atoms with E-state index in [2.05, 4.69) is 10.3 Å². The van der Waals surface area contributed by atoms with Gasteiger partial charge in [0.15, 0.2) is 6.61 Å². The maximum absolute atomic E-state index is 12.0. The molecule has 128 valence electrons. The summed E-state index contributed by atoms with van der Waals surface area (Å²) in [5, 5.41) is 5.94. The fourth-order valence-electron chi connectivity index (χ4n) is 2.44. The molecule has 1 N–H and O–H groups in total. The maximum Gasteiger partial charge on any atom is 0.258 e. The van der Waals surface area contributed by atoms with Crippen LogP contribution in [0.2, 0.25) is 0 Å². The molecule has 0 saturated carbocycles. The smallest absolute Gasteiger partial charge is 0.258 e. The molecule has 0 aliphatic heterocycles. The van der Waals surface area contributed by atoms with Gasteiger partial charge >= 0.3 is 0 Å². The van der Waals surface area contributed by atoms with Crippen LogP contribution in [0.25, 0.3) is 10.6 Å². The summed E-state index contributed by atoms with van der Waals surface area (Å²) in [5.74, 6) is 0.524. The summed E-state index contributed by atoms with van der Waals surface area (Å²) < 4.78 is 5.57. The van der Waals surface area contributed by atoms with Crippen LogP contribution in [0.3, 0.4) is 0 Å². The number of aromatic nitrogens is 1. The zero-order valence-corrected chi connectivity index (χ0v) is 15.0. The van der Waals surface area contributed by atoms with Crippen LogP contribution in [0.5, 0.6) is 5.75 Å². The van der Waals surface area contributed by atoms with E-state index >= 15 is 0 Å². The van der Waals surface area contributed by atoms with Crippen molar-refractivity contribution >= 4 is 17.2 Å². The Morgan fingerprint density at radius 2 is 1.88 bits per heavy atom. The molecule has 0 bridgehead atoms. The number of aryl methyl sites for hydroxylation is 1. The zero-order valence-electron chi connectivity index (χ0n) is 14.2. The number of ether oxygens (including phenoxy) is 1. The molecule has 0 unspecified atom stereocenters. The summed E-state index contributed by atoms with van der Waals surface area (Å²) in [6.07, 6.45) is 0. The highest BCUT2D eigenvalue weighted by Crippen LogP contribution is 2.25. The topological polar surface area (TPSA) is 51.2 Å². The second kappa shape index (κ2) is 7.94. The fourth-order valence-corrected chi connectivity index (χ4v) is 3.24. The zero-order chi connectivity index (χ0) is 17.6. The van der Waals surface area contributed by atoms with Crippen LogP contribution in [0, 0.1) is 6.92 Å². The molecule has 4 nitrogen and oxygen atoms in total. The van der Waals surface area contributed by atoms with E-state index in [1.807, 2.05) is 73.8 Å². The van der Waals surface area contributed by atoms with E-state index in [0.717, 1.165) is 21.8 Å². The van der Waals surface area contributed by atoms with Gasteiger partial charge in [-0.05, 0) is 43.7 Å². The SMILES string of the molecule is Cc1csc(-c2ccc(OCC(=O)N[C@H](C)c3ccccc3)cc2)n1. The third kappa shape index (κ3) is 4.67. The Morgan fingerprint density at radius 3 is 2.52 bits per heavy atom. The van der Waals surface area contributed by atoms with Gasteiger partial charge in [0.25, 0.3) is 5.91 Å². The minimum Gasteiger partial charge on any atom is -0.484 e. The van der Waals surface area contributed by atoms with E-state index in [1.54, 1.807) is 11.3 Å². The van der Waals surface area contributed by atoms with Gasteiger partial charge in [0.1, 0.15) is 10.8 Å². The molecule has 0 saturated heterocycles. The lowest BCUT2D eigenvalue weighted by Gasteiger charge is -2.14. The van der Waals surface area contributed by atoms with E-state index in [0.29, 0.717) is 5.75 Å². The van der Waals surface area contributed by atoms with Gasteiger partial charge in [-0.15, -0.1) is 11.3 Å². The first-order valence-corrected chi connectivity index (χ1v) is 8.99. The summed E-state index contributed by atoms with van der Waals surface area (Å²) in [6, 6.07) is 17.4. The Bertz CT molecular complexity index is 828. The second-order valence-corrected chi connectivity index (χ2v) is 6.67. The Balaban J connectivity index is 1.52. The molecule has 3 rings (SSSR count). The van der Waals surface area contributed by atoms with Crippen molar-refractivity contribution in [3.05, 3.63) is 71.2 Å². The van der Waals surface area contributed by atoms with Gasteiger partial charge in [-0.25, -0.2) is 4.98 Å². The van der Waals surface area contributed by atoms with Crippen molar-refractivity contribution in [1.82, 2.24) is 10.3 Å². The largest absolute Gasteiger partial charge is 0.484 e. The molecule has 2 aromatic carbocycles. The Labute approximate surface area is 151 Å². The van der Waals surface area contributed by atoms with Crippen molar-refractivity contribution in [3.63, 3.8) is 0 Å². The molecular weight excluding hydrogens is 332 g/mol. The number of nitrogens with one attached hydrogen (secondary N) is 1. The third-order valence-corrected chi connectivity index (χ3v) is 4.78. The van der Waals surface area contributed by atoms with Gasteiger partial charge in [0.05, 0.1) is 6.04 Å². The summed E-state index contributed by atoms with van der Waals surface area (Å²) in [4.78, 5) is 16.5. The standard InChI is InChI=1S/C20H20N2O2S/c1-14-13-25-20(21-14)17-8-10-18(11-9-17)24-12-19(23)22-15(2)16-6-4-3-5-7-16/h3-11,13,15H,12H2,1-2H3,(H,22,23)/t15-/m1/s1. The number of rotatable bonds is 6. The first-order chi connectivity index (χ1) is 12.1. The Morgan fingerprint density at radius 1 is 1.16 bits per heavy atom. The molecule has 1 atom stereocenters. The molecule has 0 aliphatic rings. The van der Waals surface area contributed by atoms with Crippen LogP contribution in [0.1, 0.15) is 24.2 Å². The monoisotopic (exact) mass is 352 g/mol. The van der Waals surface area contributed by atoms with Gasteiger partial charge in [0, 0.05) is 16.6 Å². The molecule has 5 heteroatoms. The predicted octanol–water partition coefficient (Wildman–Crippen LogP) is 4.37. The quantitative estimate of drug-likeness (QED) is 0.716. The summed E-state index contributed by atoms with van der Waals surface area (Å²) in [5.41, 5.74) is 3.14. The highest BCUT2D eigenvalue weighted by atomic mass is 32.1. The van der Waals surface area contributed by atoms with Crippen molar-refractivity contribution < 1.29 is 9.53 Å². The van der Waals surface area contributed by atoms with Gasteiger partial charge < -0.3 is 10.1 Å². The van der Waals surface area contributed by atoms with Crippen molar-refractivity contribution in [3.8, 4) is 16.3 Å². The van der Waals surface area contributed by atoms with Crippen molar-refractivity contribution in [2.45, 2.75) is 19.9 Å². The average molecular weight is 352 g/mol. The predicted molar refractivity (Wildman–Crippen MR) is 101 cm³/mol. The van der Waals surface area contributed by atoms with E-state index in [-0.39, 0.29) is 18.6 Å². The van der Waals surface area contributed by atoms with E-state index in [4.69, 9.17) is 4.74 Å². The van der Waals surface area contributed by atoms with Gasteiger partial charge in [-0.2, -0.15) is 0 Å². The first-order valence-electron chi connectivity index (χ1n) is 8.11. The first kappa shape index (κ1) is 17.2. The third-order valence-electron chi connectivity index (χ3n) is 3.77. The van der Waals surface area contributed by atoms with Gasteiger partial charge in [-0.3, -0.25) is 4.79 Å². The molecule has 0 fully saturated rings. The molecule has 0 aliphatic carbocycles. The molecule has 3 aromatic rings. The maximum atomic E-state index is 12.0. The molecule has 0 spiro atoms. The Hall–Kier alpha value is -2.66. The summed E-state index contributed by atoms with van der Waals surface area (Å²) in [6.45, 7) is 3.93. The highest BCUT2D eigenvalue weighted by molar-refractivity contribution is 7.13. The molecule has 1 aromatic heterocycles. The number of carbonyl (C=O) groups is 1. The van der Waals surface area contributed by atoms with E-state index in [1.165, 1.54) is 0 Å². The Kier molecular flexibility index (Phi) is 5.46. The van der Waals surface area contributed by atoms with Crippen molar-refractivity contribution in [2.24, 2.45) is 0 Å². The van der Waals surface area contributed by atoms with Crippen LogP contribution in [0.4, 0.5) is 0 Å². The summed E-state index contributed by atoms with van der Waals surface area (Å²) in [7, 11) is 0. The van der Waals surface area contributed by atoms with Crippen LogP contribution in [-0.2, 0) is 4.79 Å². The van der Waals surface area contributed by atoms with Crippen LogP contribution in [0.15, 0.2) is 60.0 Å². The number of hydrogen-bond acceptors (Lipinski definition) is 4. The van der Waals surface area contributed by atoms with E-state index in [9.17, 15) is 4.79 Å². The van der Waals surface area contributed by atoms with E-state index < -0.39 is 0 Å². The number of amides is 1. The average Bonchev–Trinajstić information content (AvgIpc) is 3.07. The second-order valence-electron chi connectivity index (χ2n) is 5.81. The van der Waals surface area contributed by atoms with Crippen molar-refractivity contribution in [1.29, 1.82) is 0 Å². The number of thiazole rings is 1. The minimum absolute atomic E-state index is 0.00706. The van der Waals surface area contributed by atoms with Crippen LogP contribution >= 0.6 is 11.3 Å². The molecular formula is C20H20N2O2S. The summed E-state index contributed by atoms with van der Waals surface area (Å²) >= 11 is 1.62. The number of benzene rings is 2. The molecule has 1 heterocycles. The fraction of sp³-hybridized carbons (Fsp3) is 0.200. The van der Waals surface area contributed by atoms with Crippen LogP contribution < -0.4 is 10.1 Å². The molecule has 25 heavy (non-hydrogen) atoms. The van der Waals surface area contributed by atoms with Gasteiger partial charge in [-0.1, -0.05) is 30.3 Å². The lowest BCUT2D eigenvalue weighted by atomic mass is 10.1. The lowest BCUT2D eigenvalue weighted by Crippen LogP contribution is -2.31. The highest BCUT2D eigenvalue weighted by Gasteiger charge is 2.10. The number of hydrogen-bond donors (Lipinski definition) is 1. The lowest BCUT2D eigenvalue weighted by molar-refractivity contribution is -0.123. The van der Waals surface area contributed by atoms with Gasteiger partial charge in [0.2, 0.25) is 0 Å². The number of nitrogens with zero attached hydrogens (tertiary/aromatic N) is 1. The molecule has 0 radical (unpaired) electrons. The molecule has 1 amide bonds. The van der Waals surface area contributed by atoms with Crippen LogP contribution in [-0.4, -0.2) is 17.5 Å².